The van der Waals surface area contributed by atoms with E-state index in [0.717, 1.165) is 43.7 Å². The van der Waals surface area contributed by atoms with E-state index in [1.165, 1.54) is 5.56 Å². The zero-order valence-electron chi connectivity index (χ0n) is 16.0. The van der Waals surface area contributed by atoms with Gasteiger partial charge in [-0.25, -0.2) is 0 Å². The topological polar surface area (TPSA) is 52.6 Å². The zero-order valence-corrected chi connectivity index (χ0v) is 16.0. The largest absolute Gasteiger partial charge is 0.396 e. The fourth-order valence-corrected chi connectivity index (χ4v) is 2.92. The maximum atomic E-state index is 12.2. The van der Waals surface area contributed by atoms with E-state index in [0.29, 0.717) is 12.5 Å². The minimum absolute atomic E-state index is 0.000120. The first-order valence-corrected chi connectivity index (χ1v) is 9.20. The van der Waals surface area contributed by atoms with Crippen LogP contribution in [0.1, 0.15) is 46.1 Å². The molecule has 2 rings (SSSR count). The molecule has 1 heterocycles. The molecule has 1 amide bonds. The Morgan fingerprint density at radius 2 is 2.00 bits per heavy atom. The first-order chi connectivity index (χ1) is 11.8. The summed E-state index contributed by atoms with van der Waals surface area (Å²) < 4.78 is 0. The van der Waals surface area contributed by atoms with Crippen LogP contribution in [0.5, 0.6) is 0 Å². The number of hydrogen-bond acceptors (Lipinski definition) is 3. The molecule has 1 fully saturated rings. The van der Waals surface area contributed by atoms with Gasteiger partial charge in [-0.05, 0) is 61.9 Å². The average molecular weight is 344 g/mol. The van der Waals surface area contributed by atoms with Crippen LogP contribution >= 0.6 is 0 Å². The van der Waals surface area contributed by atoms with Gasteiger partial charge in [-0.1, -0.05) is 38.5 Å². The number of aliphatic hydroxyl groups excluding tert-OH is 1. The predicted molar refractivity (Wildman–Crippen MR) is 103 cm³/mol. The molecule has 0 saturated carbocycles. The molecule has 138 valence electrons. The molecule has 4 heteroatoms. The third kappa shape index (κ3) is 6.29. The lowest BCUT2D eigenvalue weighted by molar-refractivity contribution is -0.112. The lowest BCUT2D eigenvalue weighted by Gasteiger charge is -2.31. The normalized spacial score (nSPS) is 17.6. The Balaban J connectivity index is 1.94. The molecule has 0 bridgehead atoms. The predicted octanol–water partition coefficient (Wildman–Crippen LogP) is 3.82. The molecular weight excluding hydrogens is 312 g/mol. The maximum absolute atomic E-state index is 12.2. The van der Waals surface area contributed by atoms with Gasteiger partial charge in [0.15, 0.2) is 0 Å². The van der Waals surface area contributed by atoms with Crippen LogP contribution in [0.25, 0.3) is 0 Å². The van der Waals surface area contributed by atoms with Gasteiger partial charge >= 0.3 is 0 Å². The third-order valence-corrected chi connectivity index (χ3v) is 5.10. The second-order valence-corrected chi connectivity index (χ2v) is 8.17. The number of anilines is 1. The minimum Gasteiger partial charge on any atom is -0.396 e. The van der Waals surface area contributed by atoms with Crippen LogP contribution in [0, 0.1) is 11.3 Å². The van der Waals surface area contributed by atoms with Gasteiger partial charge in [-0.3, -0.25) is 9.69 Å². The zero-order chi connectivity index (χ0) is 18.4. The molecule has 0 atom stereocenters. The summed E-state index contributed by atoms with van der Waals surface area (Å²) in [6.45, 7) is 11.5. The quantitative estimate of drug-likeness (QED) is 0.798. The van der Waals surface area contributed by atoms with Gasteiger partial charge in [0.1, 0.15) is 0 Å². The third-order valence-electron chi connectivity index (χ3n) is 5.10. The summed E-state index contributed by atoms with van der Waals surface area (Å²) in [6.07, 6.45) is 3.81. The fraction of sp³-hybridized carbons (Fsp3) is 0.571. The molecule has 0 spiro atoms. The number of aliphatic hydroxyl groups is 1. The van der Waals surface area contributed by atoms with E-state index < -0.39 is 0 Å². The first-order valence-electron chi connectivity index (χ1n) is 9.20. The molecule has 1 aliphatic rings. The number of carbonyl (C=O) groups is 1. The standard InChI is InChI=1S/C21H32N2O2/c1-16(21(2,3)4)12-20(25)22-19-7-5-6-18(13-19)14-23-10-8-17(15-24)9-11-23/h5-7,12-13,17,24H,8-11,14-15H2,1-4H3,(H,22,25)/b16-12-. The molecule has 1 aromatic carbocycles. The number of piperidine rings is 1. The Hall–Kier alpha value is -1.65. The minimum atomic E-state index is -0.0756. The smallest absolute Gasteiger partial charge is 0.248 e. The summed E-state index contributed by atoms with van der Waals surface area (Å²) in [4.78, 5) is 14.6. The first kappa shape index (κ1) is 19.7. The summed E-state index contributed by atoms with van der Waals surface area (Å²) in [6, 6.07) is 8.08. The van der Waals surface area contributed by atoms with E-state index >= 15 is 0 Å². The van der Waals surface area contributed by atoms with Crippen LogP contribution in [0.2, 0.25) is 0 Å². The summed E-state index contributed by atoms with van der Waals surface area (Å²) in [5, 5.41) is 12.2. The van der Waals surface area contributed by atoms with Gasteiger partial charge in [0.05, 0.1) is 0 Å². The van der Waals surface area contributed by atoms with Crippen molar-refractivity contribution < 1.29 is 9.90 Å². The average Bonchev–Trinajstić information content (AvgIpc) is 2.55. The van der Waals surface area contributed by atoms with Gasteiger partial charge < -0.3 is 10.4 Å². The van der Waals surface area contributed by atoms with E-state index in [1.54, 1.807) is 6.08 Å². The van der Waals surface area contributed by atoms with Gasteiger partial charge in [-0.15, -0.1) is 0 Å². The van der Waals surface area contributed by atoms with Gasteiger partial charge in [0, 0.05) is 24.9 Å². The van der Waals surface area contributed by atoms with E-state index in [4.69, 9.17) is 0 Å². The molecule has 0 radical (unpaired) electrons. The number of nitrogens with one attached hydrogen (secondary N) is 1. The Kier molecular flexibility index (Phi) is 6.79. The van der Waals surface area contributed by atoms with Crippen molar-refractivity contribution in [3.63, 3.8) is 0 Å². The Labute approximate surface area is 151 Å². The molecule has 25 heavy (non-hydrogen) atoms. The molecule has 1 saturated heterocycles. The highest BCUT2D eigenvalue weighted by molar-refractivity contribution is 5.99. The summed E-state index contributed by atoms with van der Waals surface area (Å²) in [5.41, 5.74) is 3.11. The molecule has 1 aromatic rings. The number of allylic oxidation sites excluding steroid dienone is 1. The monoisotopic (exact) mass is 344 g/mol. The Morgan fingerprint density at radius 1 is 1.32 bits per heavy atom. The molecular formula is C21H32N2O2. The summed E-state index contributed by atoms with van der Waals surface area (Å²) in [5.74, 6) is 0.382. The van der Waals surface area contributed by atoms with Crippen molar-refractivity contribution in [2.45, 2.75) is 47.1 Å². The summed E-state index contributed by atoms with van der Waals surface area (Å²) in [7, 11) is 0. The van der Waals surface area contributed by atoms with Crippen molar-refractivity contribution >= 4 is 11.6 Å². The van der Waals surface area contributed by atoms with E-state index in [9.17, 15) is 9.90 Å². The van der Waals surface area contributed by atoms with E-state index in [2.05, 4.69) is 43.1 Å². The second kappa shape index (κ2) is 8.63. The highest BCUT2D eigenvalue weighted by atomic mass is 16.3. The van der Waals surface area contributed by atoms with Crippen LogP contribution < -0.4 is 5.32 Å². The van der Waals surface area contributed by atoms with Gasteiger partial charge in [-0.2, -0.15) is 0 Å². The highest BCUT2D eigenvalue weighted by Crippen LogP contribution is 2.24. The number of carbonyl (C=O) groups excluding carboxylic acids is 1. The van der Waals surface area contributed by atoms with Crippen molar-refractivity contribution in [2.75, 3.05) is 25.0 Å². The number of rotatable bonds is 5. The SMILES string of the molecule is C/C(=C/C(=O)Nc1cccc(CN2CCC(CO)CC2)c1)C(C)(C)C. The maximum Gasteiger partial charge on any atom is 0.248 e. The number of hydrogen-bond donors (Lipinski definition) is 2. The van der Waals surface area contributed by atoms with Crippen LogP contribution in [-0.2, 0) is 11.3 Å². The molecule has 4 nitrogen and oxygen atoms in total. The molecule has 1 aliphatic heterocycles. The Bertz CT molecular complexity index is 609. The second-order valence-electron chi connectivity index (χ2n) is 8.17. The lowest BCUT2D eigenvalue weighted by atomic mass is 9.87. The number of benzene rings is 1. The highest BCUT2D eigenvalue weighted by Gasteiger charge is 2.18. The Morgan fingerprint density at radius 3 is 2.60 bits per heavy atom. The van der Waals surface area contributed by atoms with E-state index in [-0.39, 0.29) is 11.3 Å². The van der Waals surface area contributed by atoms with Crippen molar-refractivity contribution in [3.05, 3.63) is 41.5 Å². The molecule has 0 aliphatic carbocycles. The van der Waals surface area contributed by atoms with Crippen LogP contribution in [0.4, 0.5) is 5.69 Å². The summed E-state index contributed by atoms with van der Waals surface area (Å²) >= 11 is 0. The van der Waals surface area contributed by atoms with Crippen molar-refractivity contribution in [1.82, 2.24) is 4.90 Å². The van der Waals surface area contributed by atoms with Gasteiger partial charge in [0.25, 0.3) is 0 Å². The van der Waals surface area contributed by atoms with E-state index in [1.807, 2.05) is 19.1 Å². The van der Waals surface area contributed by atoms with Gasteiger partial charge in [0.2, 0.25) is 5.91 Å². The number of likely N-dealkylation sites (tertiary alicyclic amines) is 1. The fourth-order valence-electron chi connectivity index (χ4n) is 2.92. The van der Waals surface area contributed by atoms with Crippen molar-refractivity contribution in [1.29, 1.82) is 0 Å². The van der Waals surface area contributed by atoms with Crippen LogP contribution in [0.3, 0.4) is 0 Å². The molecule has 2 N–H and O–H groups in total. The number of amides is 1. The molecule has 0 aromatic heterocycles. The van der Waals surface area contributed by atoms with Crippen molar-refractivity contribution in [3.8, 4) is 0 Å². The van der Waals surface area contributed by atoms with Crippen LogP contribution in [0.15, 0.2) is 35.9 Å². The van der Waals surface area contributed by atoms with Crippen molar-refractivity contribution in [2.24, 2.45) is 11.3 Å². The molecule has 0 unspecified atom stereocenters. The lowest BCUT2D eigenvalue weighted by Crippen LogP contribution is -2.34. The number of nitrogens with zero attached hydrogens (tertiary/aromatic N) is 1. The van der Waals surface area contributed by atoms with Crippen LogP contribution in [-0.4, -0.2) is 35.6 Å².